The summed E-state index contributed by atoms with van der Waals surface area (Å²) in [7, 11) is 0. The van der Waals surface area contributed by atoms with E-state index >= 15 is 0 Å². The number of aryl methyl sites for hydroxylation is 2. The zero-order valence-corrected chi connectivity index (χ0v) is 19.9. The van der Waals surface area contributed by atoms with Crippen LogP contribution in [0.2, 0.25) is 0 Å². The summed E-state index contributed by atoms with van der Waals surface area (Å²) in [6.07, 6.45) is 0.0370. The van der Waals surface area contributed by atoms with Crippen LogP contribution in [0.15, 0.2) is 48.5 Å². The maximum atomic E-state index is 13.0. The van der Waals surface area contributed by atoms with E-state index in [0.717, 1.165) is 17.1 Å². The summed E-state index contributed by atoms with van der Waals surface area (Å²) in [6.45, 7) is 10.0. The first-order chi connectivity index (χ1) is 16.2. The molecule has 178 valence electrons. The quantitative estimate of drug-likeness (QED) is 0.403. The van der Waals surface area contributed by atoms with Gasteiger partial charge in [-0.05, 0) is 64.1 Å². The fourth-order valence-corrected chi connectivity index (χ4v) is 4.23. The lowest BCUT2D eigenvalue weighted by atomic mass is 10.1. The van der Waals surface area contributed by atoms with Crippen LogP contribution in [0.4, 0.5) is 11.4 Å². The minimum Gasteiger partial charge on any atom is -0.491 e. The van der Waals surface area contributed by atoms with Crippen LogP contribution < -0.4 is 9.64 Å². The normalized spacial score (nSPS) is 13.9. The van der Waals surface area contributed by atoms with Crippen molar-refractivity contribution in [3.8, 4) is 11.4 Å². The number of nitrogens with zero attached hydrogens (tertiary/aromatic N) is 5. The number of aromatic nitrogens is 2. The SMILES string of the molecule is Cc1cc(C)n(-c2cc(N3CCN(C(=O)c4cccc(OC(C)C)c4)CC3)ccc2[N+](=O)[O-])n1. The molecule has 0 bridgehead atoms. The smallest absolute Gasteiger partial charge is 0.295 e. The Morgan fingerprint density at radius 2 is 1.79 bits per heavy atom. The molecule has 0 unspecified atom stereocenters. The Morgan fingerprint density at radius 3 is 2.41 bits per heavy atom. The summed E-state index contributed by atoms with van der Waals surface area (Å²) in [5.74, 6) is 0.655. The fourth-order valence-electron chi connectivity index (χ4n) is 4.23. The minimum atomic E-state index is -0.386. The number of ether oxygens (including phenoxy) is 1. The Hall–Kier alpha value is -3.88. The van der Waals surface area contributed by atoms with E-state index in [0.29, 0.717) is 43.2 Å². The summed E-state index contributed by atoms with van der Waals surface area (Å²) in [5, 5.41) is 16.1. The summed E-state index contributed by atoms with van der Waals surface area (Å²) in [5.41, 5.74) is 3.55. The van der Waals surface area contributed by atoms with Gasteiger partial charge in [-0.25, -0.2) is 4.68 Å². The molecule has 1 amide bonds. The summed E-state index contributed by atoms with van der Waals surface area (Å²) < 4.78 is 7.33. The van der Waals surface area contributed by atoms with E-state index < -0.39 is 0 Å². The van der Waals surface area contributed by atoms with Gasteiger partial charge in [0.2, 0.25) is 0 Å². The molecular weight excluding hydrogens is 434 g/mol. The lowest BCUT2D eigenvalue weighted by Gasteiger charge is -2.36. The molecule has 1 saturated heterocycles. The molecule has 1 fully saturated rings. The van der Waals surface area contributed by atoms with Crippen LogP contribution in [0.25, 0.3) is 5.69 Å². The van der Waals surface area contributed by atoms with Gasteiger partial charge in [0.05, 0.1) is 16.7 Å². The van der Waals surface area contributed by atoms with Gasteiger partial charge < -0.3 is 14.5 Å². The Balaban J connectivity index is 1.50. The molecule has 0 N–H and O–H groups in total. The first-order valence-corrected chi connectivity index (χ1v) is 11.4. The number of carbonyl (C=O) groups is 1. The molecule has 9 heteroatoms. The van der Waals surface area contributed by atoms with Crippen molar-refractivity contribution in [1.29, 1.82) is 0 Å². The summed E-state index contributed by atoms with van der Waals surface area (Å²) >= 11 is 0. The highest BCUT2D eigenvalue weighted by atomic mass is 16.6. The van der Waals surface area contributed by atoms with Crippen molar-refractivity contribution in [3.63, 3.8) is 0 Å². The number of hydrogen-bond donors (Lipinski definition) is 0. The lowest BCUT2D eigenvalue weighted by Crippen LogP contribution is -2.48. The monoisotopic (exact) mass is 463 g/mol. The third kappa shape index (κ3) is 4.88. The van der Waals surface area contributed by atoms with Crippen molar-refractivity contribution in [2.45, 2.75) is 33.8 Å². The number of hydrogen-bond acceptors (Lipinski definition) is 6. The summed E-state index contributed by atoms with van der Waals surface area (Å²) in [4.78, 5) is 28.3. The standard InChI is InChI=1S/C25H29N5O4/c1-17(2)34-22-7-5-6-20(15-22)25(31)28-12-10-27(11-13-28)21-8-9-23(30(32)33)24(16-21)29-19(4)14-18(3)26-29/h5-9,14-17H,10-13H2,1-4H3. The topological polar surface area (TPSA) is 93.7 Å². The minimum absolute atomic E-state index is 0.00672. The highest BCUT2D eigenvalue weighted by molar-refractivity contribution is 5.94. The van der Waals surface area contributed by atoms with Crippen LogP contribution in [0.1, 0.15) is 35.6 Å². The molecule has 34 heavy (non-hydrogen) atoms. The molecule has 2 heterocycles. The second kappa shape index (κ2) is 9.54. The van der Waals surface area contributed by atoms with Crippen LogP contribution in [0, 0.1) is 24.0 Å². The fraction of sp³-hybridized carbons (Fsp3) is 0.360. The van der Waals surface area contributed by atoms with Crippen molar-refractivity contribution in [2.75, 3.05) is 31.1 Å². The van der Waals surface area contributed by atoms with E-state index in [-0.39, 0.29) is 22.6 Å². The number of anilines is 1. The van der Waals surface area contributed by atoms with Gasteiger partial charge in [0.1, 0.15) is 11.4 Å². The largest absolute Gasteiger partial charge is 0.491 e. The molecule has 3 aromatic rings. The molecule has 0 aliphatic carbocycles. The number of amides is 1. The Bertz CT molecular complexity index is 1210. The van der Waals surface area contributed by atoms with Gasteiger partial charge in [0, 0.05) is 49.2 Å². The van der Waals surface area contributed by atoms with Crippen molar-refractivity contribution in [1.82, 2.24) is 14.7 Å². The first-order valence-electron chi connectivity index (χ1n) is 11.4. The second-order valence-electron chi connectivity index (χ2n) is 8.74. The molecule has 1 aliphatic heterocycles. The summed E-state index contributed by atoms with van der Waals surface area (Å²) in [6, 6.07) is 14.3. The predicted octanol–water partition coefficient (Wildman–Crippen LogP) is 4.15. The van der Waals surface area contributed by atoms with Crippen molar-refractivity contribution < 1.29 is 14.5 Å². The van der Waals surface area contributed by atoms with Gasteiger partial charge in [-0.15, -0.1) is 0 Å². The number of nitro benzene ring substituents is 1. The molecule has 2 aromatic carbocycles. The average molecular weight is 464 g/mol. The van der Waals surface area contributed by atoms with E-state index in [9.17, 15) is 14.9 Å². The van der Waals surface area contributed by atoms with Crippen LogP contribution >= 0.6 is 0 Å². The van der Waals surface area contributed by atoms with E-state index in [4.69, 9.17) is 4.74 Å². The molecule has 1 aliphatic rings. The highest BCUT2D eigenvalue weighted by Gasteiger charge is 2.25. The van der Waals surface area contributed by atoms with Gasteiger partial charge in [-0.3, -0.25) is 14.9 Å². The van der Waals surface area contributed by atoms with Crippen LogP contribution in [-0.4, -0.2) is 57.8 Å². The third-order valence-corrected chi connectivity index (χ3v) is 5.78. The Morgan fingerprint density at radius 1 is 1.06 bits per heavy atom. The van der Waals surface area contributed by atoms with Crippen LogP contribution in [0.3, 0.4) is 0 Å². The number of rotatable bonds is 6. The first kappa shape index (κ1) is 23.3. The van der Waals surface area contributed by atoms with Crippen molar-refractivity contribution >= 4 is 17.3 Å². The predicted molar refractivity (Wildman–Crippen MR) is 130 cm³/mol. The lowest BCUT2D eigenvalue weighted by molar-refractivity contribution is -0.384. The van der Waals surface area contributed by atoms with Crippen molar-refractivity contribution in [2.24, 2.45) is 0 Å². The molecular formula is C25H29N5O4. The van der Waals surface area contributed by atoms with Crippen LogP contribution in [0.5, 0.6) is 5.75 Å². The molecule has 4 rings (SSSR count). The van der Waals surface area contributed by atoms with Crippen LogP contribution in [-0.2, 0) is 0 Å². The van der Waals surface area contributed by atoms with E-state index in [1.807, 2.05) is 56.9 Å². The van der Waals surface area contributed by atoms with E-state index in [1.165, 1.54) is 6.07 Å². The molecule has 0 radical (unpaired) electrons. The third-order valence-electron chi connectivity index (χ3n) is 5.78. The van der Waals surface area contributed by atoms with E-state index in [1.54, 1.807) is 22.9 Å². The molecule has 1 aromatic heterocycles. The van der Waals surface area contributed by atoms with E-state index in [2.05, 4.69) is 10.00 Å². The second-order valence-corrected chi connectivity index (χ2v) is 8.74. The van der Waals surface area contributed by atoms with Gasteiger partial charge in [-0.1, -0.05) is 6.07 Å². The Kier molecular flexibility index (Phi) is 6.54. The zero-order valence-electron chi connectivity index (χ0n) is 19.9. The van der Waals surface area contributed by atoms with Gasteiger partial charge in [0.15, 0.2) is 0 Å². The number of nitro groups is 1. The molecule has 0 atom stereocenters. The number of benzene rings is 2. The van der Waals surface area contributed by atoms with Gasteiger partial charge in [0.25, 0.3) is 11.6 Å². The zero-order chi connectivity index (χ0) is 24.4. The number of piperazine rings is 1. The molecule has 9 nitrogen and oxygen atoms in total. The maximum Gasteiger partial charge on any atom is 0.295 e. The molecule has 0 spiro atoms. The van der Waals surface area contributed by atoms with Crippen molar-refractivity contribution in [3.05, 3.63) is 75.6 Å². The number of carbonyl (C=O) groups excluding carboxylic acids is 1. The maximum absolute atomic E-state index is 13.0. The Labute approximate surface area is 198 Å². The van der Waals surface area contributed by atoms with Gasteiger partial charge in [-0.2, -0.15) is 5.10 Å². The average Bonchev–Trinajstić information content (AvgIpc) is 3.15. The molecule has 0 saturated carbocycles. The van der Waals surface area contributed by atoms with Gasteiger partial charge >= 0.3 is 0 Å². The highest BCUT2D eigenvalue weighted by Crippen LogP contribution is 2.30.